The van der Waals surface area contributed by atoms with Crippen LogP contribution >= 0.6 is 11.6 Å². The van der Waals surface area contributed by atoms with Crippen LogP contribution in [-0.2, 0) is 11.3 Å². The van der Waals surface area contributed by atoms with Crippen molar-refractivity contribution < 1.29 is 4.74 Å². The van der Waals surface area contributed by atoms with Crippen LogP contribution in [-0.4, -0.2) is 36.3 Å². The molecule has 1 fully saturated rings. The van der Waals surface area contributed by atoms with Gasteiger partial charge in [0.15, 0.2) is 0 Å². The highest BCUT2D eigenvalue weighted by Crippen LogP contribution is 2.34. The lowest BCUT2D eigenvalue weighted by molar-refractivity contribution is 0.122. The van der Waals surface area contributed by atoms with Crippen molar-refractivity contribution in [1.82, 2.24) is 9.97 Å². The monoisotopic (exact) mass is 395 g/mol. The summed E-state index contributed by atoms with van der Waals surface area (Å²) in [6.45, 7) is 3.46. The maximum absolute atomic E-state index is 6.39. The van der Waals surface area contributed by atoms with Crippen LogP contribution in [0, 0.1) is 0 Å². The minimum Gasteiger partial charge on any atom is -0.383 e. The fourth-order valence-corrected chi connectivity index (χ4v) is 3.31. The fraction of sp³-hybridized carbons (Fsp3) is 0.238. The molecule has 0 atom stereocenters. The number of ether oxygens (including phenoxy) is 1. The molecule has 2 heterocycles. The predicted molar refractivity (Wildman–Crippen MR) is 114 cm³/mol. The zero-order valence-electron chi connectivity index (χ0n) is 15.4. The van der Waals surface area contributed by atoms with E-state index < -0.39 is 0 Å². The molecule has 0 saturated carbocycles. The van der Waals surface area contributed by atoms with E-state index in [0.717, 1.165) is 29.8 Å². The van der Waals surface area contributed by atoms with Crippen LogP contribution in [0.15, 0.2) is 54.6 Å². The molecule has 4 rings (SSSR count). The van der Waals surface area contributed by atoms with Crippen LogP contribution < -0.4 is 16.0 Å². The van der Waals surface area contributed by atoms with Gasteiger partial charge in [0.05, 0.1) is 18.8 Å². The predicted octanol–water partition coefficient (Wildman–Crippen LogP) is 3.83. The standard InChI is InChI=1S/C21H22ClN5O/c22-17-8-6-16(7-9-17)18-19(23)25-21(27-10-12-28-13-11-27)26-20(18)24-14-15-4-2-1-3-5-15/h1-9H,10-14H2,(H3,23,24,25,26). The molecule has 0 unspecified atom stereocenters. The van der Waals surface area contributed by atoms with E-state index in [0.29, 0.717) is 42.4 Å². The summed E-state index contributed by atoms with van der Waals surface area (Å²) in [4.78, 5) is 11.5. The van der Waals surface area contributed by atoms with Gasteiger partial charge in [0, 0.05) is 24.7 Å². The highest BCUT2D eigenvalue weighted by molar-refractivity contribution is 6.30. The van der Waals surface area contributed by atoms with Gasteiger partial charge in [-0.05, 0) is 23.3 Å². The second kappa shape index (κ2) is 8.46. The van der Waals surface area contributed by atoms with Crippen LogP contribution in [0.2, 0.25) is 5.02 Å². The van der Waals surface area contributed by atoms with Crippen LogP contribution in [0.25, 0.3) is 11.1 Å². The number of halogens is 1. The molecule has 144 valence electrons. The maximum atomic E-state index is 6.39. The largest absolute Gasteiger partial charge is 0.383 e. The Morgan fingerprint density at radius 2 is 1.71 bits per heavy atom. The third kappa shape index (κ3) is 4.18. The van der Waals surface area contributed by atoms with Gasteiger partial charge in [-0.25, -0.2) is 0 Å². The first-order valence-electron chi connectivity index (χ1n) is 9.24. The summed E-state index contributed by atoms with van der Waals surface area (Å²) in [6.07, 6.45) is 0. The van der Waals surface area contributed by atoms with E-state index in [4.69, 9.17) is 27.1 Å². The average molecular weight is 396 g/mol. The minimum absolute atomic E-state index is 0.439. The average Bonchev–Trinajstić information content (AvgIpc) is 2.74. The molecule has 0 aliphatic carbocycles. The Labute approximate surface area is 169 Å². The molecule has 1 aliphatic rings. The van der Waals surface area contributed by atoms with Crippen molar-refractivity contribution >= 4 is 29.2 Å². The number of morpholine rings is 1. The van der Waals surface area contributed by atoms with Crippen LogP contribution in [0.4, 0.5) is 17.6 Å². The van der Waals surface area contributed by atoms with E-state index >= 15 is 0 Å². The van der Waals surface area contributed by atoms with Crippen LogP contribution in [0.5, 0.6) is 0 Å². The molecule has 1 saturated heterocycles. The van der Waals surface area contributed by atoms with E-state index in [9.17, 15) is 0 Å². The molecule has 0 amide bonds. The lowest BCUT2D eigenvalue weighted by Gasteiger charge is -2.28. The summed E-state index contributed by atoms with van der Waals surface area (Å²) < 4.78 is 5.43. The number of nitrogens with one attached hydrogen (secondary N) is 1. The molecule has 3 aromatic rings. The van der Waals surface area contributed by atoms with Gasteiger partial charge in [-0.3, -0.25) is 0 Å². The van der Waals surface area contributed by atoms with Crippen LogP contribution in [0.3, 0.4) is 0 Å². The molecule has 6 nitrogen and oxygen atoms in total. The number of rotatable bonds is 5. The fourth-order valence-electron chi connectivity index (χ4n) is 3.18. The Balaban J connectivity index is 1.71. The Bertz CT molecular complexity index is 928. The van der Waals surface area contributed by atoms with Gasteiger partial charge in [0.25, 0.3) is 0 Å². The van der Waals surface area contributed by atoms with Crippen LogP contribution in [0.1, 0.15) is 5.56 Å². The molecular formula is C21H22ClN5O. The van der Waals surface area contributed by atoms with Crippen molar-refractivity contribution in [2.75, 3.05) is 42.3 Å². The molecule has 28 heavy (non-hydrogen) atoms. The van der Waals surface area contributed by atoms with Crippen molar-refractivity contribution in [1.29, 1.82) is 0 Å². The van der Waals surface area contributed by atoms with E-state index in [2.05, 4.69) is 27.3 Å². The van der Waals surface area contributed by atoms with E-state index in [1.54, 1.807) is 0 Å². The summed E-state index contributed by atoms with van der Waals surface area (Å²) >= 11 is 6.05. The SMILES string of the molecule is Nc1nc(N2CCOCC2)nc(NCc2ccccc2)c1-c1ccc(Cl)cc1. The van der Waals surface area contributed by atoms with Gasteiger partial charge < -0.3 is 20.7 Å². The topological polar surface area (TPSA) is 76.3 Å². The normalized spacial score (nSPS) is 14.1. The number of nitrogens with zero attached hydrogens (tertiary/aromatic N) is 3. The lowest BCUT2D eigenvalue weighted by atomic mass is 10.1. The number of hydrogen-bond donors (Lipinski definition) is 2. The summed E-state index contributed by atoms with van der Waals surface area (Å²) in [7, 11) is 0. The first-order valence-corrected chi connectivity index (χ1v) is 9.62. The molecule has 3 N–H and O–H groups in total. The van der Waals surface area contributed by atoms with Gasteiger partial charge in [0.2, 0.25) is 5.95 Å². The van der Waals surface area contributed by atoms with E-state index in [-0.39, 0.29) is 0 Å². The van der Waals surface area contributed by atoms with Gasteiger partial charge in [-0.1, -0.05) is 54.1 Å². The molecular weight excluding hydrogens is 374 g/mol. The van der Waals surface area contributed by atoms with Crippen molar-refractivity contribution in [2.45, 2.75) is 6.54 Å². The third-order valence-corrected chi connectivity index (χ3v) is 4.91. The molecule has 2 aromatic carbocycles. The number of nitrogen functional groups attached to an aromatic ring is 1. The van der Waals surface area contributed by atoms with Gasteiger partial charge >= 0.3 is 0 Å². The molecule has 1 aliphatic heterocycles. The molecule has 0 bridgehead atoms. The quantitative estimate of drug-likeness (QED) is 0.683. The highest BCUT2D eigenvalue weighted by Gasteiger charge is 2.19. The summed E-state index contributed by atoms with van der Waals surface area (Å²) in [5, 5.41) is 4.11. The highest BCUT2D eigenvalue weighted by atomic mass is 35.5. The minimum atomic E-state index is 0.439. The summed E-state index contributed by atoms with van der Waals surface area (Å²) in [6, 6.07) is 17.7. The Hall–Kier alpha value is -2.83. The number of nitrogens with two attached hydrogens (primary N) is 1. The molecule has 0 spiro atoms. The smallest absolute Gasteiger partial charge is 0.229 e. The second-order valence-corrected chi connectivity index (χ2v) is 7.01. The lowest BCUT2D eigenvalue weighted by Crippen LogP contribution is -2.37. The number of aromatic nitrogens is 2. The number of anilines is 3. The van der Waals surface area contributed by atoms with E-state index in [1.165, 1.54) is 0 Å². The zero-order chi connectivity index (χ0) is 19.3. The first-order chi connectivity index (χ1) is 13.7. The molecule has 0 radical (unpaired) electrons. The Morgan fingerprint density at radius 1 is 1.00 bits per heavy atom. The maximum Gasteiger partial charge on any atom is 0.229 e. The molecule has 1 aromatic heterocycles. The first kappa shape index (κ1) is 18.5. The van der Waals surface area contributed by atoms with Gasteiger partial charge in [-0.2, -0.15) is 9.97 Å². The van der Waals surface area contributed by atoms with Crippen molar-refractivity contribution in [3.8, 4) is 11.1 Å². The van der Waals surface area contributed by atoms with Gasteiger partial charge in [-0.15, -0.1) is 0 Å². The van der Waals surface area contributed by atoms with Gasteiger partial charge in [0.1, 0.15) is 11.6 Å². The van der Waals surface area contributed by atoms with Crippen molar-refractivity contribution in [2.24, 2.45) is 0 Å². The molecule has 7 heteroatoms. The second-order valence-electron chi connectivity index (χ2n) is 6.58. The Kier molecular flexibility index (Phi) is 5.60. The number of hydrogen-bond acceptors (Lipinski definition) is 6. The van der Waals surface area contributed by atoms with Crippen molar-refractivity contribution in [3.05, 3.63) is 65.2 Å². The van der Waals surface area contributed by atoms with E-state index in [1.807, 2.05) is 42.5 Å². The summed E-state index contributed by atoms with van der Waals surface area (Å²) in [5.41, 5.74) is 9.25. The Morgan fingerprint density at radius 3 is 2.43 bits per heavy atom. The third-order valence-electron chi connectivity index (χ3n) is 4.65. The zero-order valence-corrected chi connectivity index (χ0v) is 16.2. The van der Waals surface area contributed by atoms with Crippen molar-refractivity contribution in [3.63, 3.8) is 0 Å². The number of benzene rings is 2. The summed E-state index contributed by atoms with van der Waals surface area (Å²) in [5.74, 6) is 1.77.